The highest BCUT2D eigenvalue weighted by molar-refractivity contribution is 5.87. The number of piperidine rings is 1. The highest BCUT2D eigenvalue weighted by Crippen LogP contribution is 2.37. The van der Waals surface area contributed by atoms with E-state index in [9.17, 15) is 4.79 Å². The van der Waals surface area contributed by atoms with Gasteiger partial charge in [0.2, 0.25) is 0 Å². The average molecular weight is 382 g/mol. The Bertz CT molecular complexity index is 734. The van der Waals surface area contributed by atoms with Crippen LogP contribution in [-0.2, 0) is 17.7 Å². The van der Waals surface area contributed by atoms with Crippen LogP contribution in [0.25, 0.3) is 0 Å². The second kappa shape index (κ2) is 9.85. The Morgan fingerprint density at radius 1 is 1.04 bits per heavy atom. The number of carbonyl (C=O) groups is 1. The van der Waals surface area contributed by atoms with Gasteiger partial charge in [0.15, 0.2) is 0 Å². The first-order valence-corrected chi connectivity index (χ1v) is 10.3. The summed E-state index contributed by atoms with van der Waals surface area (Å²) in [7, 11) is 0. The van der Waals surface area contributed by atoms with Gasteiger partial charge in [-0.2, -0.15) is 0 Å². The van der Waals surface area contributed by atoms with Crippen molar-refractivity contribution < 1.29 is 14.6 Å². The molecule has 2 aromatic rings. The fraction of sp³-hybridized carbons (Fsp3) is 0.458. The molecule has 4 heteroatoms. The molecule has 2 aromatic carbocycles. The molecular formula is C24H31NO3. The zero-order valence-electron chi connectivity index (χ0n) is 16.8. The molecule has 0 atom stereocenters. The van der Waals surface area contributed by atoms with E-state index in [4.69, 9.17) is 9.84 Å². The van der Waals surface area contributed by atoms with Crippen LogP contribution in [0, 0.1) is 5.41 Å². The normalized spacial score (nSPS) is 16.8. The molecule has 1 aliphatic rings. The van der Waals surface area contributed by atoms with E-state index in [2.05, 4.69) is 42.2 Å². The number of aromatic carboxylic acids is 1. The SMILES string of the molecule is CCOCC1(CCc2ccccc2)CCN(Cc2ccc(C(=O)O)cc2)CC1. The molecule has 0 radical (unpaired) electrons. The van der Waals surface area contributed by atoms with E-state index in [-0.39, 0.29) is 5.41 Å². The zero-order valence-corrected chi connectivity index (χ0v) is 16.8. The number of likely N-dealkylation sites (tertiary alicyclic amines) is 1. The largest absolute Gasteiger partial charge is 0.478 e. The summed E-state index contributed by atoms with van der Waals surface area (Å²) in [6, 6.07) is 18.0. The molecule has 0 aliphatic carbocycles. The highest BCUT2D eigenvalue weighted by Gasteiger charge is 2.34. The molecule has 0 unspecified atom stereocenters. The van der Waals surface area contributed by atoms with Crippen LogP contribution >= 0.6 is 0 Å². The van der Waals surface area contributed by atoms with Gasteiger partial charge in [-0.05, 0) is 74.4 Å². The van der Waals surface area contributed by atoms with Crippen molar-refractivity contribution in [3.8, 4) is 0 Å². The maximum Gasteiger partial charge on any atom is 0.335 e. The molecule has 1 aliphatic heterocycles. The number of carboxylic acid groups (broad SMARTS) is 1. The Hall–Kier alpha value is -2.17. The Balaban J connectivity index is 1.56. The first kappa shape index (κ1) is 20.6. The third kappa shape index (κ3) is 5.66. The van der Waals surface area contributed by atoms with Gasteiger partial charge in [0.05, 0.1) is 12.2 Å². The summed E-state index contributed by atoms with van der Waals surface area (Å²) in [6.07, 6.45) is 4.56. The van der Waals surface area contributed by atoms with Crippen LogP contribution in [0.2, 0.25) is 0 Å². The van der Waals surface area contributed by atoms with E-state index >= 15 is 0 Å². The molecule has 0 bridgehead atoms. The number of hydrogen-bond acceptors (Lipinski definition) is 3. The molecule has 4 nitrogen and oxygen atoms in total. The van der Waals surface area contributed by atoms with Gasteiger partial charge >= 0.3 is 5.97 Å². The van der Waals surface area contributed by atoms with Crippen LogP contribution in [0.4, 0.5) is 0 Å². The van der Waals surface area contributed by atoms with E-state index in [0.29, 0.717) is 5.56 Å². The monoisotopic (exact) mass is 381 g/mol. The Labute approximate surface area is 168 Å². The molecule has 1 N–H and O–H groups in total. The lowest BCUT2D eigenvalue weighted by Crippen LogP contribution is -2.42. The number of ether oxygens (including phenoxy) is 1. The summed E-state index contributed by atoms with van der Waals surface area (Å²) < 4.78 is 5.88. The van der Waals surface area contributed by atoms with Crippen LogP contribution < -0.4 is 0 Å². The standard InChI is InChI=1S/C24H31NO3/c1-2-28-19-24(13-12-20-6-4-3-5-7-20)14-16-25(17-15-24)18-21-8-10-22(11-9-21)23(26)27/h3-11H,2,12-19H2,1H3,(H,26,27). The molecule has 1 heterocycles. The van der Waals surface area contributed by atoms with Gasteiger partial charge in [-0.15, -0.1) is 0 Å². The summed E-state index contributed by atoms with van der Waals surface area (Å²) in [5.74, 6) is -0.872. The minimum atomic E-state index is -0.872. The maximum absolute atomic E-state index is 11.0. The van der Waals surface area contributed by atoms with Crippen molar-refractivity contribution in [3.05, 3.63) is 71.3 Å². The fourth-order valence-electron chi connectivity index (χ4n) is 4.04. The summed E-state index contributed by atoms with van der Waals surface area (Å²) in [5, 5.41) is 9.04. The van der Waals surface area contributed by atoms with E-state index in [1.54, 1.807) is 12.1 Å². The molecule has 0 aromatic heterocycles. The smallest absolute Gasteiger partial charge is 0.335 e. The van der Waals surface area contributed by atoms with E-state index < -0.39 is 5.97 Å². The first-order valence-electron chi connectivity index (χ1n) is 10.3. The highest BCUT2D eigenvalue weighted by atomic mass is 16.5. The number of carboxylic acids is 1. The Morgan fingerprint density at radius 3 is 2.32 bits per heavy atom. The molecule has 3 rings (SSSR count). The average Bonchev–Trinajstić information content (AvgIpc) is 2.73. The van der Waals surface area contributed by atoms with Gasteiger partial charge < -0.3 is 9.84 Å². The molecule has 0 spiro atoms. The molecule has 1 fully saturated rings. The summed E-state index contributed by atoms with van der Waals surface area (Å²) in [6.45, 7) is 6.68. The lowest BCUT2D eigenvalue weighted by molar-refractivity contribution is -0.00232. The van der Waals surface area contributed by atoms with Crippen LogP contribution in [0.3, 0.4) is 0 Å². The second-order valence-corrected chi connectivity index (χ2v) is 7.90. The first-order chi connectivity index (χ1) is 13.6. The van der Waals surface area contributed by atoms with Crippen molar-refractivity contribution in [2.45, 2.75) is 39.2 Å². The van der Waals surface area contributed by atoms with Crippen LogP contribution in [-0.4, -0.2) is 42.3 Å². The topological polar surface area (TPSA) is 49.8 Å². The summed E-state index contributed by atoms with van der Waals surface area (Å²) >= 11 is 0. The van der Waals surface area contributed by atoms with Gasteiger partial charge in [0.25, 0.3) is 0 Å². The maximum atomic E-state index is 11.0. The predicted octanol–water partition coefficient (Wildman–Crippen LogP) is 4.64. The third-order valence-electron chi connectivity index (χ3n) is 5.92. The van der Waals surface area contributed by atoms with Crippen molar-refractivity contribution in [1.29, 1.82) is 0 Å². The van der Waals surface area contributed by atoms with Crippen molar-refractivity contribution in [2.75, 3.05) is 26.3 Å². The quantitative estimate of drug-likeness (QED) is 0.688. The summed E-state index contributed by atoms with van der Waals surface area (Å²) in [5.41, 5.74) is 3.18. The minimum Gasteiger partial charge on any atom is -0.478 e. The Morgan fingerprint density at radius 2 is 1.71 bits per heavy atom. The minimum absolute atomic E-state index is 0.259. The number of nitrogens with zero attached hydrogens (tertiary/aromatic N) is 1. The van der Waals surface area contributed by atoms with Crippen molar-refractivity contribution in [3.63, 3.8) is 0 Å². The number of hydrogen-bond donors (Lipinski definition) is 1. The predicted molar refractivity (Wildman–Crippen MR) is 112 cm³/mol. The van der Waals surface area contributed by atoms with Crippen molar-refractivity contribution in [2.24, 2.45) is 5.41 Å². The Kier molecular flexibility index (Phi) is 7.24. The van der Waals surface area contributed by atoms with Crippen LogP contribution in [0.15, 0.2) is 54.6 Å². The summed E-state index contributed by atoms with van der Waals surface area (Å²) in [4.78, 5) is 13.5. The van der Waals surface area contributed by atoms with Gasteiger partial charge in [0.1, 0.15) is 0 Å². The van der Waals surface area contributed by atoms with Gasteiger partial charge in [0, 0.05) is 13.2 Å². The van der Waals surface area contributed by atoms with E-state index in [0.717, 1.165) is 58.5 Å². The molecule has 1 saturated heterocycles. The van der Waals surface area contributed by atoms with E-state index in [1.807, 2.05) is 12.1 Å². The lowest BCUT2D eigenvalue weighted by atomic mass is 9.74. The molecule has 28 heavy (non-hydrogen) atoms. The van der Waals surface area contributed by atoms with Gasteiger partial charge in [-0.3, -0.25) is 4.90 Å². The lowest BCUT2D eigenvalue weighted by Gasteiger charge is -2.42. The third-order valence-corrected chi connectivity index (χ3v) is 5.92. The van der Waals surface area contributed by atoms with Gasteiger partial charge in [-0.25, -0.2) is 4.79 Å². The van der Waals surface area contributed by atoms with E-state index in [1.165, 1.54) is 11.1 Å². The molecule has 0 saturated carbocycles. The fourth-order valence-corrected chi connectivity index (χ4v) is 4.04. The zero-order chi connectivity index (χ0) is 19.8. The molecular weight excluding hydrogens is 350 g/mol. The van der Waals surface area contributed by atoms with Crippen molar-refractivity contribution in [1.82, 2.24) is 4.90 Å². The van der Waals surface area contributed by atoms with Crippen LogP contribution in [0.1, 0.15) is 47.7 Å². The second-order valence-electron chi connectivity index (χ2n) is 7.90. The van der Waals surface area contributed by atoms with Crippen LogP contribution in [0.5, 0.6) is 0 Å². The molecule has 0 amide bonds. The number of aryl methyl sites for hydroxylation is 1. The van der Waals surface area contributed by atoms with Crippen molar-refractivity contribution >= 4 is 5.97 Å². The number of rotatable bonds is 9. The van der Waals surface area contributed by atoms with Gasteiger partial charge in [-0.1, -0.05) is 42.5 Å². The molecule has 150 valence electrons. The number of benzene rings is 2.